The summed E-state index contributed by atoms with van der Waals surface area (Å²) in [5.74, 6) is 0.125. The van der Waals surface area contributed by atoms with E-state index in [0.717, 1.165) is 0 Å². The average molecular weight is 223 g/mol. The van der Waals surface area contributed by atoms with Crippen molar-refractivity contribution >= 4 is 9.84 Å². The molecule has 0 radical (unpaired) electrons. The molecular weight excluding hydrogens is 202 g/mol. The maximum atomic E-state index is 11.2. The molecule has 0 spiro atoms. The number of nitrogens with one attached hydrogen (secondary N) is 1. The largest absolute Gasteiger partial charge is 0.388 e. The molecule has 1 heterocycles. The Labute approximate surface area is 86.6 Å². The standard InChI is InChI=1S/C7H15NO3S.C2H6/c1-8-5-7(9)3-2-4-12(10,11)6-7;1-2/h8-9H,2-6H2,1H3;1-2H3. The number of hydrogen-bond acceptors (Lipinski definition) is 4. The maximum absolute atomic E-state index is 11.2. The van der Waals surface area contributed by atoms with Crippen LogP contribution in [-0.4, -0.2) is 44.2 Å². The molecule has 1 saturated heterocycles. The highest BCUT2D eigenvalue weighted by Gasteiger charge is 2.36. The molecule has 0 aliphatic carbocycles. The van der Waals surface area contributed by atoms with E-state index in [1.807, 2.05) is 13.8 Å². The topological polar surface area (TPSA) is 66.4 Å². The summed E-state index contributed by atoms with van der Waals surface area (Å²) in [5.41, 5.74) is -1.04. The van der Waals surface area contributed by atoms with Gasteiger partial charge >= 0.3 is 0 Å². The number of likely N-dealkylation sites (N-methyl/N-ethyl adjacent to an activating group) is 1. The molecule has 0 aromatic rings. The van der Waals surface area contributed by atoms with Crippen molar-refractivity contribution in [2.45, 2.75) is 32.3 Å². The molecule has 5 heteroatoms. The second-order valence-electron chi connectivity index (χ2n) is 3.45. The van der Waals surface area contributed by atoms with Gasteiger partial charge in [0.05, 0.1) is 17.1 Å². The summed E-state index contributed by atoms with van der Waals surface area (Å²) in [7, 11) is -1.30. The highest BCUT2D eigenvalue weighted by atomic mass is 32.2. The van der Waals surface area contributed by atoms with Gasteiger partial charge in [0.15, 0.2) is 9.84 Å². The molecule has 1 unspecified atom stereocenters. The van der Waals surface area contributed by atoms with Crippen LogP contribution in [0.1, 0.15) is 26.7 Å². The zero-order chi connectivity index (χ0) is 11.2. The normalized spacial score (nSPS) is 30.3. The van der Waals surface area contributed by atoms with Gasteiger partial charge in [-0.15, -0.1) is 0 Å². The summed E-state index contributed by atoms with van der Waals surface area (Å²) >= 11 is 0. The van der Waals surface area contributed by atoms with Crippen LogP contribution in [0.2, 0.25) is 0 Å². The van der Waals surface area contributed by atoms with E-state index in [4.69, 9.17) is 0 Å². The molecule has 1 aliphatic rings. The highest BCUT2D eigenvalue weighted by Crippen LogP contribution is 2.21. The first-order valence-electron chi connectivity index (χ1n) is 5.05. The third-order valence-corrected chi connectivity index (χ3v) is 3.98. The van der Waals surface area contributed by atoms with Gasteiger partial charge in [-0.05, 0) is 19.9 Å². The monoisotopic (exact) mass is 223 g/mol. The van der Waals surface area contributed by atoms with Crippen molar-refractivity contribution in [3.05, 3.63) is 0 Å². The van der Waals surface area contributed by atoms with Gasteiger partial charge in [0.1, 0.15) is 0 Å². The number of sulfone groups is 1. The minimum Gasteiger partial charge on any atom is -0.388 e. The third-order valence-electron chi connectivity index (χ3n) is 2.09. The summed E-state index contributed by atoms with van der Waals surface area (Å²) in [4.78, 5) is 0. The molecule has 0 aromatic heterocycles. The van der Waals surface area contributed by atoms with Gasteiger partial charge < -0.3 is 10.4 Å². The highest BCUT2D eigenvalue weighted by molar-refractivity contribution is 7.91. The van der Waals surface area contributed by atoms with E-state index in [-0.39, 0.29) is 11.5 Å². The molecule has 1 rings (SSSR count). The Morgan fingerprint density at radius 1 is 1.43 bits per heavy atom. The van der Waals surface area contributed by atoms with E-state index in [9.17, 15) is 13.5 Å². The second-order valence-corrected chi connectivity index (χ2v) is 5.63. The summed E-state index contributed by atoms with van der Waals surface area (Å²) in [5, 5.41) is 12.6. The minimum absolute atomic E-state index is 0.0964. The van der Waals surface area contributed by atoms with Crippen molar-refractivity contribution in [1.82, 2.24) is 5.32 Å². The van der Waals surface area contributed by atoms with Crippen LogP contribution in [-0.2, 0) is 9.84 Å². The first-order chi connectivity index (χ1) is 6.47. The number of aliphatic hydroxyl groups is 1. The summed E-state index contributed by atoms with van der Waals surface area (Å²) in [6, 6.07) is 0. The van der Waals surface area contributed by atoms with Crippen LogP contribution in [0.5, 0.6) is 0 Å². The Bertz CT molecular complexity index is 247. The predicted molar refractivity (Wildman–Crippen MR) is 58.1 cm³/mol. The first-order valence-corrected chi connectivity index (χ1v) is 6.87. The van der Waals surface area contributed by atoms with Crippen LogP contribution < -0.4 is 5.32 Å². The Hall–Kier alpha value is -0.130. The van der Waals surface area contributed by atoms with Crippen LogP contribution in [0.25, 0.3) is 0 Å². The van der Waals surface area contributed by atoms with Gasteiger partial charge in [0.25, 0.3) is 0 Å². The number of hydrogen-bond donors (Lipinski definition) is 2. The van der Waals surface area contributed by atoms with E-state index in [1.165, 1.54) is 0 Å². The van der Waals surface area contributed by atoms with E-state index in [0.29, 0.717) is 19.4 Å². The van der Waals surface area contributed by atoms with Crippen molar-refractivity contribution < 1.29 is 13.5 Å². The van der Waals surface area contributed by atoms with Crippen LogP contribution in [0.15, 0.2) is 0 Å². The lowest BCUT2D eigenvalue weighted by Crippen LogP contribution is -2.48. The Morgan fingerprint density at radius 3 is 2.43 bits per heavy atom. The molecule has 0 bridgehead atoms. The molecule has 2 N–H and O–H groups in total. The lowest BCUT2D eigenvalue weighted by atomic mass is 10.0. The van der Waals surface area contributed by atoms with Crippen LogP contribution in [0.3, 0.4) is 0 Å². The van der Waals surface area contributed by atoms with E-state index in [1.54, 1.807) is 7.05 Å². The molecule has 1 atom stereocenters. The lowest BCUT2D eigenvalue weighted by Gasteiger charge is -2.31. The van der Waals surface area contributed by atoms with Gasteiger partial charge in [-0.2, -0.15) is 0 Å². The Kier molecular flexibility index (Phi) is 5.63. The van der Waals surface area contributed by atoms with Crippen molar-refractivity contribution in [2.75, 3.05) is 25.1 Å². The fraction of sp³-hybridized carbons (Fsp3) is 1.00. The molecule has 1 fully saturated rings. The van der Waals surface area contributed by atoms with E-state index >= 15 is 0 Å². The average Bonchev–Trinajstić information content (AvgIpc) is 2.05. The van der Waals surface area contributed by atoms with E-state index < -0.39 is 15.4 Å². The van der Waals surface area contributed by atoms with Gasteiger partial charge in [-0.1, -0.05) is 13.8 Å². The van der Waals surface area contributed by atoms with Crippen molar-refractivity contribution in [2.24, 2.45) is 0 Å². The quantitative estimate of drug-likeness (QED) is 0.700. The summed E-state index contributed by atoms with van der Waals surface area (Å²) < 4.78 is 22.3. The Balaban J connectivity index is 0.000000791. The lowest BCUT2D eigenvalue weighted by molar-refractivity contribution is 0.0518. The molecule has 4 nitrogen and oxygen atoms in total. The zero-order valence-electron chi connectivity index (χ0n) is 9.21. The summed E-state index contributed by atoms with van der Waals surface area (Å²) in [6.45, 7) is 4.35. The number of rotatable bonds is 2. The first kappa shape index (κ1) is 13.9. The fourth-order valence-electron chi connectivity index (χ4n) is 1.64. The minimum atomic E-state index is -3.00. The SMILES string of the molecule is CC.CNCC1(O)CCCS(=O)(=O)C1. The van der Waals surface area contributed by atoms with E-state index in [2.05, 4.69) is 5.32 Å². The fourth-order valence-corrected chi connectivity index (χ4v) is 3.44. The Morgan fingerprint density at radius 2 is 2.00 bits per heavy atom. The smallest absolute Gasteiger partial charge is 0.153 e. The summed E-state index contributed by atoms with van der Waals surface area (Å²) in [6.07, 6.45) is 1.15. The predicted octanol–water partition coefficient (Wildman–Crippen LogP) is 0.172. The molecule has 86 valence electrons. The molecule has 1 aliphatic heterocycles. The molecule has 14 heavy (non-hydrogen) atoms. The van der Waals surface area contributed by atoms with Gasteiger partial charge in [0.2, 0.25) is 0 Å². The second kappa shape index (κ2) is 5.68. The van der Waals surface area contributed by atoms with Gasteiger partial charge in [-0.25, -0.2) is 8.42 Å². The molecular formula is C9H21NO3S. The van der Waals surface area contributed by atoms with Crippen LogP contribution in [0.4, 0.5) is 0 Å². The molecule has 0 aromatic carbocycles. The van der Waals surface area contributed by atoms with Gasteiger partial charge in [-0.3, -0.25) is 0 Å². The molecule has 0 saturated carbocycles. The zero-order valence-corrected chi connectivity index (χ0v) is 10.0. The maximum Gasteiger partial charge on any atom is 0.153 e. The van der Waals surface area contributed by atoms with Gasteiger partial charge in [0, 0.05) is 6.54 Å². The van der Waals surface area contributed by atoms with Crippen molar-refractivity contribution in [3.8, 4) is 0 Å². The van der Waals surface area contributed by atoms with Crippen molar-refractivity contribution in [3.63, 3.8) is 0 Å². The third kappa shape index (κ3) is 4.39. The van der Waals surface area contributed by atoms with Crippen molar-refractivity contribution in [1.29, 1.82) is 0 Å². The molecule has 0 amide bonds. The van der Waals surface area contributed by atoms with Crippen LogP contribution in [0, 0.1) is 0 Å². The van der Waals surface area contributed by atoms with Crippen LogP contribution >= 0.6 is 0 Å².